The summed E-state index contributed by atoms with van der Waals surface area (Å²) in [5, 5.41) is 0.428. The summed E-state index contributed by atoms with van der Waals surface area (Å²) >= 11 is 3.51. The van der Waals surface area contributed by atoms with Crippen LogP contribution in [0.25, 0.3) is 0 Å². The maximum absolute atomic E-state index is 12.3. The van der Waals surface area contributed by atoms with E-state index in [4.69, 9.17) is 0 Å². The molecule has 1 unspecified atom stereocenters. The van der Waals surface area contributed by atoms with E-state index in [1.54, 1.807) is 0 Å². The summed E-state index contributed by atoms with van der Waals surface area (Å²) in [5.74, 6) is 0. The molecule has 1 aliphatic heterocycles. The highest BCUT2D eigenvalue weighted by Gasteiger charge is 2.26. The Bertz CT molecular complexity index is 274. The van der Waals surface area contributed by atoms with E-state index in [2.05, 4.69) is 26.3 Å². The summed E-state index contributed by atoms with van der Waals surface area (Å²) in [7, 11) is -0.751. The minimum absolute atomic E-state index is 0.428. The Morgan fingerprint density at radius 1 is 1.33 bits per heavy atom. The van der Waals surface area contributed by atoms with Crippen molar-refractivity contribution in [2.24, 2.45) is 0 Å². The topological polar surface area (TPSA) is 20.3 Å². The second kappa shape index (κ2) is 5.60. The third-order valence-electron chi connectivity index (χ3n) is 3.16. The number of nitrogens with zero attached hydrogens (tertiary/aromatic N) is 1. The minimum atomic E-state index is -0.751. The molecule has 1 aliphatic carbocycles. The first kappa shape index (κ1) is 11.8. The molecule has 0 aromatic rings. The molecular weight excluding hydrogens is 274 g/mol. The lowest BCUT2D eigenvalue weighted by Crippen LogP contribution is -2.37. The van der Waals surface area contributed by atoms with Crippen molar-refractivity contribution in [2.45, 2.75) is 43.8 Å². The fraction of sp³-hybridized carbons (Fsp3) is 0.818. The highest BCUT2D eigenvalue weighted by atomic mass is 79.9. The summed E-state index contributed by atoms with van der Waals surface area (Å²) in [6.07, 6.45) is 9.39. The third kappa shape index (κ3) is 3.14. The standard InChI is InChI=1S/C11H18BrNOS/c12-10-5-4-8-13(9-10)15(14)11-6-2-1-3-7-11/h5,11H,1-4,6-9H2. The molecule has 0 bridgehead atoms. The fourth-order valence-electron chi connectivity index (χ4n) is 2.31. The van der Waals surface area contributed by atoms with Gasteiger partial charge in [-0.15, -0.1) is 0 Å². The molecule has 1 fully saturated rings. The molecule has 2 nitrogen and oxygen atoms in total. The summed E-state index contributed by atoms with van der Waals surface area (Å²) in [6, 6.07) is 0. The fourth-order valence-corrected chi connectivity index (χ4v) is 4.72. The molecule has 2 aliphatic rings. The number of hydrogen-bond donors (Lipinski definition) is 0. The summed E-state index contributed by atoms with van der Waals surface area (Å²) in [4.78, 5) is 0. The van der Waals surface area contributed by atoms with E-state index in [9.17, 15) is 4.21 Å². The van der Waals surface area contributed by atoms with Crippen LogP contribution < -0.4 is 0 Å². The first-order valence-corrected chi connectivity index (χ1v) is 7.74. The number of rotatable bonds is 2. The maximum atomic E-state index is 12.3. The van der Waals surface area contributed by atoms with Gasteiger partial charge < -0.3 is 0 Å². The molecule has 1 heterocycles. The van der Waals surface area contributed by atoms with E-state index in [1.165, 1.54) is 23.7 Å². The number of halogens is 1. The Hall–Kier alpha value is 0.330. The van der Waals surface area contributed by atoms with Crippen LogP contribution in [0.15, 0.2) is 10.6 Å². The van der Waals surface area contributed by atoms with Crippen molar-refractivity contribution in [1.29, 1.82) is 0 Å². The van der Waals surface area contributed by atoms with Gasteiger partial charge in [0.05, 0.1) is 11.0 Å². The predicted molar refractivity (Wildman–Crippen MR) is 68.2 cm³/mol. The van der Waals surface area contributed by atoms with E-state index < -0.39 is 11.0 Å². The van der Waals surface area contributed by atoms with Gasteiger partial charge in [-0.25, -0.2) is 8.51 Å². The van der Waals surface area contributed by atoms with Crippen molar-refractivity contribution < 1.29 is 4.21 Å². The van der Waals surface area contributed by atoms with Gasteiger partial charge in [-0.1, -0.05) is 41.3 Å². The summed E-state index contributed by atoms with van der Waals surface area (Å²) in [6.45, 7) is 1.79. The van der Waals surface area contributed by atoms with Crippen LogP contribution in [0.2, 0.25) is 0 Å². The largest absolute Gasteiger partial charge is 0.242 e. The normalized spacial score (nSPS) is 27.4. The van der Waals surface area contributed by atoms with Crippen molar-refractivity contribution in [1.82, 2.24) is 4.31 Å². The quantitative estimate of drug-likeness (QED) is 0.766. The Morgan fingerprint density at radius 2 is 2.07 bits per heavy atom. The summed E-state index contributed by atoms with van der Waals surface area (Å²) in [5.41, 5.74) is 0. The molecule has 0 N–H and O–H groups in total. The Balaban J connectivity index is 1.92. The van der Waals surface area contributed by atoms with Crippen LogP contribution >= 0.6 is 15.9 Å². The lowest BCUT2D eigenvalue weighted by atomic mass is 10.0. The molecule has 0 saturated heterocycles. The first-order valence-electron chi connectivity index (χ1n) is 5.77. The number of hydrogen-bond acceptors (Lipinski definition) is 1. The Kier molecular flexibility index (Phi) is 4.40. The molecule has 0 aromatic heterocycles. The van der Waals surface area contributed by atoms with Crippen LogP contribution in [0.3, 0.4) is 0 Å². The molecule has 1 atom stereocenters. The lowest BCUT2D eigenvalue weighted by molar-refractivity contribution is 0.442. The second-order valence-electron chi connectivity index (χ2n) is 4.34. The van der Waals surface area contributed by atoms with Gasteiger partial charge in [-0.2, -0.15) is 0 Å². The van der Waals surface area contributed by atoms with E-state index in [0.717, 1.165) is 32.4 Å². The molecule has 15 heavy (non-hydrogen) atoms. The third-order valence-corrected chi connectivity index (χ3v) is 5.60. The smallest absolute Gasteiger partial charge is 0.0977 e. The lowest BCUT2D eigenvalue weighted by Gasteiger charge is -2.30. The average molecular weight is 292 g/mol. The van der Waals surface area contributed by atoms with Gasteiger partial charge in [0.15, 0.2) is 0 Å². The van der Waals surface area contributed by atoms with Crippen molar-refractivity contribution >= 4 is 26.9 Å². The predicted octanol–water partition coefficient (Wildman–Crippen LogP) is 2.97. The van der Waals surface area contributed by atoms with Gasteiger partial charge in [-0.05, 0) is 19.3 Å². The molecule has 86 valence electrons. The monoisotopic (exact) mass is 291 g/mol. The van der Waals surface area contributed by atoms with Crippen molar-refractivity contribution in [3.63, 3.8) is 0 Å². The van der Waals surface area contributed by atoms with Crippen LogP contribution in [0.1, 0.15) is 38.5 Å². The molecule has 4 heteroatoms. The zero-order valence-corrected chi connectivity index (χ0v) is 11.4. The highest BCUT2D eigenvalue weighted by Crippen LogP contribution is 2.26. The molecule has 0 amide bonds. The van der Waals surface area contributed by atoms with Crippen LogP contribution in [0.4, 0.5) is 0 Å². The molecule has 1 saturated carbocycles. The molecule has 0 radical (unpaired) electrons. The van der Waals surface area contributed by atoms with Crippen molar-refractivity contribution in [3.8, 4) is 0 Å². The SMILES string of the molecule is O=S(C1CCCCC1)N1CCC=C(Br)C1. The van der Waals surface area contributed by atoms with E-state index in [1.807, 2.05) is 0 Å². The van der Waals surface area contributed by atoms with Crippen molar-refractivity contribution in [3.05, 3.63) is 10.6 Å². The zero-order chi connectivity index (χ0) is 10.7. The first-order chi connectivity index (χ1) is 7.27. The maximum Gasteiger partial charge on any atom is 0.0977 e. The molecule has 0 spiro atoms. The zero-order valence-electron chi connectivity index (χ0n) is 8.95. The average Bonchev–Trinajstić information content (AvgIpc) is 2.29. The minimum Gasteiger partial charge on any atom is -0.242 e. The molecular formula is C11H18BrNOS. The van der Waals surface area contributed by atoms with Gasteiger partial charge in [0.2, 0.25) is 0 Å². The Morgan fingerprint density at radius 3 is 2.73 bits per heavy atom. The highest BCUT2D eigenvalue weighted by molar-refractivity contribution is 9.11. The Labute approximate surface area is 103 Å². The van der Waals surface area contributed by atoms with E-state index in [0.29, 0.717) is 5.25 Å². The van der Waals surface area contributed by atoms with Gasteiger partial charge in [0, 0.05) is 22.8 Å². The van der Waals surface area contributed by atoms with Gasteiger partial charge in [0.1, 0.15) is 0 Å². The molecule has 0 aromatic carbocycles. The van der Waals surface area contributed by atoms with Gasteiger partial charge >= 0.3 is 0 Å². The van der Waals surface area contributed by atoms with Crippen LogP contribution in [0.5, 0.6) is 0 Å². The molecule has 2 rings (SSSR count). The second-order valence-corrected chi connectivity index (χ2v) is 7.09. The van der Waals surface area contributed by atoms with Crippen LogP contribution in [-0.4, -0.2) is 26.9 Å². The summed E-state index contributed by atoms with van der Waals surface area (Å²) < 4.78 is 15.6. The van der Waals surface area contributed by atoms with Gasteiger partial charge in [0.25, 0.3) is 0 Å². The van der Waals surface area contributed by atoms with E-state index in [-0.39, 0.29) is 0 Å². The van der Waals surface area contributed by atoms with E-state index >= 15 is 0 Å². The van der Waals surface area contributed by atoms with Crippen LogP contribution in [0, 0.1) is 0 Å². The van der Waals surface area contributed by atoms with Crippen LogP contribution in [-0.2, 0) is 11.0 Å². The van der Waals surface area contributed by atoms with Crippen molar-refractivity contribution in [2.75, 3.05) is 13.1 Å². The van der Waals surface area contributed by atoms with Gasteiger partial charge in [-0.3, -0.25) is 0 Å².